The average molecular weight is 229 g/mol. The van der Waals surface area contributed by atoms with Gasteiger partial charge in [0.1, 0.15) is 0 Å². The monoisotopic (exact) mass is 229 g/mol. The molecule has 1 rings (SSSR count). The minimum absolute atomic E-state index is 0.0734. The van der Waals surface area contributed by atoms with Crippen molar-refractivity contribution in [2.45, 2.75) is 38.6 Å². The van der Waals surface area contributed by atoms with Gasteiger partial charge in [0.15, 0.2) is 0 Å². The molecular formula is C15H19NO. The largest absolute Gasteiger partial charge is 0.353 e. The quantitative estimate of drug-likeness (QED) is 0.746. The second-order valence-electron chi connectivity index (χ2n) is 4.22. The first-order valence-electron chi connectivity index (χ1n) is 5.99. The summed E-state index contributed by atoms with van der Waals surface area (Å²) in [6.45, 7) is 1.93. The smallest absolute Gasteiger partial charge is 0.220 e. The fourth-order valence-electron chi connectivity index (χ4n) is 1.67. The number of benzene rings is 1. The molecule has 2 heteroatoms. The van der Waals surface area contributed by atoms with Crippen molar-refractivity contribution in [3.63, 3.8) is 0 Å². The van der Waals surface area contributed by atoms with Crippen molar-refractivity contribution in [3.05, 3.63) is 35.9 Å². The van der Waals surface area contributed by atoms with Crippen LogP contribution < -0.4 is 5.32 Å². The van der Waals surface area contributed by atoms with Gasteiger partial charge in [-0.15, -0.1) is 12.3 Å². The topological polar surface area (TPSA) is 29.1 Å². The molecule has 0 spiro atoms. The number of hydrogen-bond acceptors (Lipinski definition) is 1. The normalized spacial score (nSPS) is 11.5. The third-order valence-electron chi connectivity index (χ3n) is 2.54. The molecule has 1 amide bonds. The molecular weight excluding hydrogens is 210 g/mol. The highest BCUT2D eigenvalue weighted by molar-refractivity contribution is 5.76. The van der Waals surface area contributed by atoms with Crippen LogP contribution in [0, 0.1) is 12.3 Å². The first-order valence-corrected chi connectivity index (χ1v) is 5.99. The van der Waals surface area contributed by atoms with Crippen LogP contribution in [0.4, 0.5) is 0 Å². The Morgan fingerprint density at radius 2 is 2.12 bits per heavy atom. The van der Waals surface area contributed by atoms with Gasteiger partial charge in [0.05, 0.1) is 0 Å². The van der Waals surface area contributed by atoms with E-state index in [-0.39, 0.29) is 11.9 Å². The highest BCUT2D eigenvalue weighted by Gasteiger charge is 2.05. The Labute approximate surface area is 103 Å². The lowest BCUT2D eigenvalue weighted by atomic mass is 10.1. The van der Waals surface area contributed by atoms with E-state index in [2.05, 4.69) is 23.4 Å². The lowest BCUT2D eigenvalue weighted by molar-refractivity contribution is -0.121. The minimum atomic E-state index is 0.0734. The maximum absolute atomic E-state index is 11.5. The summed E-state index contributed by atoms with van der Waals surface area (Å²) in [6, 6.07) is 10.3. The zero-order valence-corrected chi connectivity index (χ0v) is 10.3. The Balaban J connectivity index is 2.19. The molecule has 0 radical (unpaired) electrons. The second kappa shape index (κ2) is 7.51. The molecule has 0 aliphatic heterocycles. The van der Waals surface area contributed by atoms with Crippen molar-refractivity contribution in [2.75, 3.05) is 0 Å². The van der Waals surface area contributed by atoms with Crippen LogP contribution in [0.5, 0.6) is 0 Å². The number of rotatable bonds is 6. The van der Waals surface area contributed by atoms with E-state index in [0.29, 0.717) is 12.8 Å². The summed E-state index contributed by atoms with van der Waals surface area (Å²) in [7, 11) is 0. The van der Waals surface area contributed by atoms with Crippen LogP contribution in [0.25, 0.3) is 0 Å². The maximum Gasteiger partial charge on any atom is 0.220 e. The van der Waals surface area contributed by atoms with Gasteiger partial charge in [-0.1, -0.05) is 30.3 Å². The van der Waals surface area contributed by atoms with E-state index in [9.17, 15) is 4.79 Å². The molecule has 0 saturated heterocycles. The molecule has 2 nitrogen and oxygen atoms in total. The molecule has 90 valence electrons. The molecule has 1 atom stereocenters. The summed E-state index contributed by atoms with van der Waals surface area (Å²) in [4.78, 5) is 11.5. The predicted octanol–water partition coefficient (Wildman–Crippen LogP) is 2.54. The highest BCUT2D eigenvalue weighted by Crippen LogP contribution is 2.04. The number of aryl methyl sites for hydroxylation is 1. The number of carbonyl (C=O) groups excluding carboxylic acids is 1. The summed E-state index contributed by atoms with van der Waals surface area (Å²) >= 11 is 0. The fourth-order valence-corrected chi connectivity index (χ4v) is 1.67. The van der Waals surface area contributed by atoms with Gasteiger partial charge in [-0.2, -0.15) is 0 Å². The average Bonchev–Trinajstić information content (AvgIpc) is 2.30. The maximum atomic E-state index is 11.5. The molecule has 0 bridgehead atoms. The van der Waals surface area contributed by atoms with Gasteiger partial charge in [0, 0.05) is 18.9 Å². The zero-order chi connectivity index (χ0) is 12.5. The lowest BCUT2D eigenvalue weighted by Crippen LogP contribution is -2.32. The summed E-state index contributed by atoms with van der Waals surface area (Å²) in [5.74, 6) is 2.63. The van der Waals surface area contributed by atoms with E-state index in [1.165, 1.54) is 5.56 Å². The van der Waals surface area contributed by atoms with Gasteiger partial charge < -0.3 is 5.32 Å². The number of carbonyl (C=O) groups is 1. The van der Waals surface area contributed by atoms with Crippen LogP contribution in [-0.4, -0.2) is 11.9 Å². The first kappa shape index (κ1) is 13.3. The van der Waals surface area contributed by atoms with Crippen LogP contribution in [0.15, 0.2) is 30.3 Å². The van der Waals surface area contributed by atoms with Crippen molar-refractivity contribution in [3.8, 4) is 12.3 Å². The summed E-state index contributed by atoms with van der Waals surface area (Å²) < 4.78 is 0. The standard InChI is InChI=1S/C15H19NO/c1-3-8-13(2)16-15(17)12-7-11-14-9-5-4-6-10-14/h1,4-6,9-10,13H,7-8,11-12H2,2H3,(H,16,17). The van der Waals surface area contributed by atoms with Crippen molar-refractivity contribution in [1.29, 1.82) is 0 Å². The molecule has 1 aromatic carbocycles. The fraction of sp³-hybridized carbons (Fsp3) is 0.400. The van der Waals surface area contributed by atoms with Gasteiger partial charge in [0.25, 0.3) is 0 Å². The van der Waals surface area contributed by atoms with Crippen LogP contribution in [-0.2, 0) is 11.2 Å². The Morgan fingerprint density at radius 1 is 1.41 bits per heavy atom. The molecule has 0 saturated carbocycles. The van der Waals surface area contributed by atoms with E-state index in [0.717, 1.165) is 12.8 Å². The van der Waals surface area contributed by atoms with E-state index >= 15 is 0 Å². The Kier molecular flexibility index (Phi) is 5.88. The summed E-state index contributed by atoms with van der Waals surface area (Å²) in [5.41, 5.74) is 1.27. The van der Waals surface area contributed by atoms with E-state index in [4.69, 9.17) is 6.42 Å². The van der Waals surface area contributed by atoms with Crippen LogP contribution >= 0.6 is 0 Å². The van der Waals surface area contributed by atoms with Crippen LogP contribution in [0.2, 0.25) is 0 Å². The lowest BCUT2D eigenvalue weighted by Gasteiger charge is -2.10. The van der Waals surface area contributed by atoms with Gasteiger partial charge in [-0.05, 0) is 25.3 Å². The Morgan fingerprint density at radius 3 is 2.76 bits per heavy atom. The van der Waals surface area contributed by atoms with Crippen molar-refractivity contribution < 1.29 is 4.79 Å². The van der Waals surface area contributed by atoms with Crippen LogP contribution in [0.1, 0.15) is 31.7 Å². The summed E-state index contributed by atoms with van der Waals surface area (Å²) in [6.07, 6.45) is 8.14. The molecule has 17 heavy (non-hydrogen) atoms. The molecule has 1 N–H and O–H groups in total. The number of terminal acetylenes is 1. The van der Waals surface area contributed by atoms with E-state index in [1.807, 2.05) is 25.1 Å². The molecule has 1 aromatic rings. The van der Waals surface area contributed by atoms with Crippen molar-refractivity contribution >= 4 is 5.91 Å². The van der Waals surface area contributed by atoms with Crippen molar-refractivity contribution in [2.24, 2.45) is 0 Å². The Hall–Kier alpha value is -1.75. The second-order valence-corrected chi connectivity index (χ2v) is 4.22. The number of nitrogens with one attached hydrogen (secondary N) is 1. The molecule has 1 unspecified atom stereocenters. The van der Waals surface area contributed by atoms with Crippen LogP contribution in [0.3, 0.4) is 0 Å². The van der Waals surface area contributed by atoms with Gasteiger partial charge in [-0.3, -0.25) is 4.79 Å². The first-order chi connectivity index (χ1) is 8.22. The molecule has 0 fully saturated rings. The van der Waals surface area contributed by atoms with E-state index < -0.39 is 0 Å². The van der Waals surface area contributed by atoms with Crippen molar-refractivity contribution in [1.82, 2.24) is 5.32 Å². The SMILES string of the molecule is C#CCC(C)NC(=O)CCCc1ccccc1. The third kappa shape index (κ3) is 5.77. The molecule has 0 aromatic heterocycles. The van der Waals surface area contributed by atoms with Gasteiger partial charge in [0.2, 0.25) is 5.91 Å². The van der Waals surface area contributed by atoms with Gasteiger partial charge >= 0.3 is 0 Å². The minimum Gasteiger partial charge on any atom is -0.353 e. The Bertz CT molecular complexity index is 378. The highest BCUT2D eigenvalue weighted by atomic mass is 16.1. The zero-order valence-electron chi connectivity index (χ0n) is 10.3. The number of amides is 1. The number of hydrogen-bond donors (Lipinski definition) is 1. The predicted molar refractivity (Wildman–Crippen MR) is 70.4 cm³/mol. The summed E-state index contributed by atoms with van der Waals surface area (Å²) in [5, 5.41) is 2.89. The van der Waals surface area contributed by atoms with E-state index in [1.54, 1.807) is 0 Å². The molecule has 0 aliphatic carbocycles. The van der Waals surface area contributed by atoms with Gasteiger partial charge in [-0.25, -0.2) is 0 Å². The molecule has 0 aliphatic rings. The molecule has 0 heterocycles. The third-order valence-corrected chi connectivity index (χ3v) is 2.54.